The number of hydrogen-bond acceptors (Lipinski definition) is 9. The van der Waals surface area contributed by atoms with Crippen LogP contribution >= 0.6 is 11.8 Å². The van der Waals surface area contributed by atoms with Crippen LogP contribution in [0.1, 0.15) is 44.9 Å². The van der Waals surface area contributed by atoms with Crippen LogP contribution in [0.4, 0.5) is 16.2 Å². The smallest absolute Gasteiger partial charge is 0.315 e. The molecule has 0 aliphatic carbocycles. The van der Waals surface area contributed by atoms with Crippen LogP contribution in [0.3, 0.4) is 0 Å². The summed E-state index contributed by atoms with van der Waals surface area (Å²) in [6.45, 7) is 1.81. The Balaban J connectivity index is 0.846. The molecular formula is C35H43N7O6S. The molecule has 4 heterocycles. The first-order valence-electron chi connectivity index (χ1n) is 16.9. The number of rotatable bonds is 17. The van der Waals surface area contributed by atoms with Crippen molar-refractivity contribution in [2.75, 3.05) is 42.8 Å². The molecule has 1 unspecified atom stereocenters. The highest BCUT2D eigenvalue weighted by Crippen LogP contribution is 2.34. The zero-order valence-corrected chi connectivity index (χ0v) is 28.5. The molecule has 3 fully saturated rings. The third-order valence-corrected chi connectivity index (χ3v) is 10.7. The summed E-state index contributed by atoms with van der Waals surface area (Å²) in [4.78, 5) is 51.1. The van der Waals surface area contributed by atoms with Crippen LogP contribution in [0.5, 0.6) is 5.75 Å². The number of thioether (sulfide) groups is 1. The number of carbonyl (C=O) groups excluding carboxylic acids is 4. The van der Waals surface area contributed by atoms with E-state index < -0.39 is 5.92 Å². The number of nitrogens with zero attached hydrogens (tertiary/aromatic N) is 4. The molecule has 0 spiro atoms. The summed E-state index contributed by atoms with van der Waals surface area (Å²) >= 11 is 1.91. The first-order valence-corrected chi connectivity index (χ1v) is 18.0. The number of aromatic nitrogens is 3. The number of hydrogen-bond donors (Lipinski definition) is 3. The average Bonchev–Trinajstić information content (AvgIpc) is 3.90. The van der Waals surface area contributed by atoms with Crippen LogP contribution in [-0.4, -0.2) is 88.6 Å². The number of carbonyl (C=O) groups is 4. The summed E-state index contributed by atoms with van der Waals surface area (Å²) in [5.41, 5.74) is 2.86. The lowest BCUT2D eigenvalue weighted by Gasteiger charge is -2.19. The van der Waals surface area contributed by atoms with Crippen molar-refractivity contribution in [3.63, 3.8) is 0 Å². The van der Waals surface area contributed by atoms with Crippen LogP contribution in [-0.2, 0) is 25.7 Å². The molecule has 0 saturated carbocycles. The van der Waals surface area contributed by atoms with Crippen molar-refractivity contribution in [1.82, 2.24) is 25.6 Å². The van der Waals surface area contributed by atoms with E-state index in [0.29, 0.717) is 67.1 Å². The van der Waals surface area contributed by atoms with E-state index in [9.17, 15) is 19.2 Å². The fourth-order valence-electron chi connectivity index (χ4n) is 6.54. The van der Waals surface area contributed by atoms with E-state index in [0.717, 1.165) is 30.6 Å². The lowest BCUT2D eigenvalue weighted by molar-refractivity contribution is -0.122. The van der Waals surface area contributed by atoms with Gasteiger partial charge in [-0.15, -0.1) is 5.10 Å². The Morgan fingerprint density at radius 1 is 1.02 bits per heavy atom. The third-order valence-electron chi connectivity index (χ3n) is 9.20. The van der Waals surface area contributed by atoms with Crippen LogP contribution in [0.15, 0.2) is 54.7 Å². The number of fused-ring (bicyclic) bond motifs is 1. The number of methoxy groups -OCH3 is 1. The number of anilines is 2. The number of urea groups is 1. The van der Waals surface area contributed by atoms with Gasteiger partial charge in [-0.3, -0.25) is 14.4 Å². The zero-order chi connectivity index (χ0) is 34.2. The lowest BCUT2D eigenvalue weighted by Crippen LogP contribution is -2.36. The maximum atomic E-state index is 13.0. The van der Waals surface area contributed by atoms with Crippen LogP contribution in [0.2, 0.25) is 0 Å². The topological polar surface area (TPSA) is 157 Å². The Bertz CT molecular complexity index is 1630. The first-order chi connectivity index (χ1) is 23.9. The van der Waals surface area contributed by atoms with E-state index in [1.54, 1.807) is 22.8 Å². The molecule has 2 aromatic carbocycles. The minimum absolute atomic E-state index is 0.0603. The largest absolute Gasteiger partial charge is 0.495 e. The van der Waals surface area contributed by atoms with Gasteiger partial charge in [0.2, 0.25) is 11.8 Å². The number of amides is 4. The van der Waals surface area contributed by atoms with Gasteiger partial charge in [0.05, 0.1) is 50.1 Å². The minimum atomic E-state index is -0.471. The molecule has 3 saturated heterocycles. The van der Waals surface area contributed by atoms with Gasteiger partial charge < -0.3 is 30.3 Å². The van der Waals surface area contributed by atoms with Gasteiger partial charge in [-0.25, -0.2) is 9.48 Å². The maximum absolute atomic E-state index is 13.0. The fraction of sp³-hybridized carbons (Fsp3) is 0.486. The van der Waals surface area contributed by atoms with Gasteiger partial charge >= 0.3 is 6.03 Å². The molecule has 260 valence electrons. The van der Waals surface area contributed by atoms with Crippen molar-refractivity contribution in [1.29, 1.82) is 0 Å². The molecular weight excluding hydrogens is 646 g/mol. The van der Waals surface area contributed by atoms with Gasteiger partial charge in [-0.2, -0.15) is 11.8 Å². The van der Waals surface area contributed by atoms with Gasteiger partial charge in [0.15, 0.2) is 0 Å². The van der Waals surface area contributed by atoms with Gasteiger partial charge in [0, 0.05) is 54.7 Å². The van der Waals surface area contributed by atoms with E-state index in [1.807, 2.05) is 60.4 Å². The normalized spacial score (nSPS) is 21.4. The summed E-state index contributed by atoms with van der Waals surface area (Å²) in [6, 6.07) is 15.0. The monoisotopic (exact) mass is 689 g/mol. The molecule has 0 radical (unpaired) electrons. The molecule has 3 aliphatic heterocycles. The second-order valence-corrected chi connectivity index (χ2v) is 13.9. The quantitative estimate of drug-likeness (QED) is 0.141. The minimum Gasteiger partial charge on any atom is -0.495 e. The second-order valence-electron chi connectivity index (χ2n) is 12.6. The Morgan fingerprint density at radius 3 is 2.67 bits per heavy atom. The number of ketones is 1. The molecule has 3 aromatic rings. The second kappa shape index (κ2) is 16.3. The van der Waals surface area contributed by atoms with Crippen molar-refractivity contribution in [2.45, 2.75) is 68.8 Å². The molecule has 0 bridgehead atoms. The van der Waals surface area contributed by atoms with Gasteiger partial charge in [0.25, 0.3) is 0 Å². The Kier molecular flexibility index (Phi) is 11.5. The number of para-hydroxylation sites is 2. The van der Waals surface area contributed by atoms with Crippen molar-refractivity contribution in [3.05, 3.63) is 54.7 Å². The summed E-state index contributed by atoms with van der Waals surface area (Å²) in [5.74, 6) is 1.03. The van der Waals surface area contributed by atoms with Crippen molar-refractivity contribution < 1.29 is 28.7 Å². The van der Waals surface area contributed by atoms with Crippen LogP contribution in [0.25, 0.3) is 11.3 Å². The lowest BCUT2D eigenvalue weighted by atomic mass is 10.0. The summed E-state index contributed by atoms with van der Waals surface area (Å²) in [6.07, 6.45) is 6.69. The Hall–Kier alpha value is -4.43. The zero-order valence-electron chi connectivity index (χ0n) is 27.6. The molecule has 4 amide bonds. The highest BCUT2D eigenvalue weighted by molar-refractivity contribution is 8.00. The van der Waals surface area contributed by atoms with Crippen LogP contribution < -0.4 is 25.6 Å². The predicted molar refractivity (Wildman–Crippen MR) is 187 cm³/mol. The van der Waals surface area contributed by atoms with E-state index >= 15 is 0 Å². The van der Waals surface area contributed by atoms with Crippen LogP contribution in [0, 0.1) is 5.92 Å². The van der Waals surface area contributed by atoms with E-state index in [4.69, 9.17) is 9.47 Å². The van der Waals surface area contributed by atoms with Gasteiger partial charge in [-0.05, 0) is 43.5 Å². The number of nitrogens with one attached hydrogen (secondary N) is 3. The van der Waals surface area contributed by atoms with Crippen molar-refractivity contribution in [3.8, 4) is 17.0 Å². The van der Waals surface area contributed by atoms with Crippen molar-refractivity contribution >= 4 is 46.8 Å². The first kappa shape index (κ1) is 34.4. The maximum Gasteiger partial charge on any atom is 0.315 e. The van der Waals surface area contributed by atoms with E-state index in [2.05, 4.69) is 26.3 Å². The van der Waals surface area contributed by atoms with E-state index in [-0.39, 0.29) is 48.7 Å². The molecule has 14 heteroatoms. The summed E-state index contributed by atoms with van der Waals surface area (Å²) in [7, 11) is 1.56. The fourth-order valence-corrected chi connectivity index (χ4v) is 8.09. The standard InChI is InChI=1S/C35H43N7O6S/c1-47-30-10-4-3-9-29(30)42-20-24(19-32(42)44)34(45)36-25-14-12-23(13-15-25)27-21-41(40-39-27)16-18-48-17-6-8-26(43)7-2-5-11-31-33-28(22-49-31)37-35(46)38-33/h3-4,9-10,12-15,21,24,28,31,33H,2,5-8,11,16-20,22H2,1H3,(H,36,45)(H2,37,38,46)/t24?,28-,31-,33-/m0/s1. The Morgan fingerprint density at radius 2 is 1.84 bits per heavy atom. The SMILES string of the molecule is COc1ccccc1N1CC(C(=O)Nc2ccc(-c3cn(CCOCCCC(=O)CCCC[C@@H]4SC[C@@H]5NC(=O)N[C@@H]54)nn3)cc2)CC1=O. The molecule has 1 aromatic heterocycles. The summed E-state index contributed by atoms with van der Waals surface area (Å²) < 4.78 is 12.8. The number of unbranched alkanes of at least 4 members (excludes halogenated alkanes) is 1. The number of ether oxygens (including phenoxy) is 2. The molecule has 49 heavy (non-hydrogen) atoms. The molecule has 4 atom stereocenters. The van der Waals surface area contributed by atoms with Gasteiger partial charge in [-0.1, -0.05) is 35.9 Å². The number of benzene rings is 2. The van der Waals surface area contributed by atoms with Crippen molar-refractivity contribution in [2.24, 2.45) is 5.92 Å². The molecule has 3 aliphatic rings. The predicted octanol–water partition coefficient (Wildman–Crippen LogP) is 4.04. The highest BCUT2D eigenvalue weighted by Gasteiger charge is 2.42. The summed E-state index contributed by atoms with van der Waals surface area (Å²) in [5, 5.41) is 17.8. The number of Topliss-reactive ketones (excluding diaryl/α,β-unsaturated/α-hetero) is 1. The van der Waals surface area contributed by atoms with Gasteiger partial charge in [0.1, 0.15) is 17.2 Å². The Labute approximate surface area is 289 Å². The molecule has 6 rings (SSSR count). The average molecular weight is 690 g/mol. The van der Waals surface area contributed by atoms with E-state index in [1.165, 1.54) is 0 Å². The molecule has 3 N–H and O–H groups in total. The highest BCUT2D eigenvalue weighted by atomic mass is 32.2. The molecule has 13 nitrogen and oxygen atoms in total. The third kappa shape index (κ3) is 8.79.